The van der Waals surface area contributed by atoms with E-state index in [1.807, 2.05) is 0 Å². The van der Waals surface area contributed by atoms with Gasteiger partial charge in [0.25, 0.3) is 5.91 Å². The minimum absolute atomic E-state index is 0.305. The van der Waals surface area contributed by atoms with Gasteiger partial charge in [0.2, 0.25) is 0 Å². The molecule has 6 nitrogen and oxygen atoms in total. The fraction of sp³-hybridized carbons (Fsp3) is 0.500. The molecule has 2 aromatic heterocycles. The van der Waals surface area contributed by atoms with Gasteiger partial charge in [0.05, 0.1) is 11.7 Å². The number of likely N-dealkylation sites (tertiary alicyclic amines) is 1. The van der Waals surface area contributed by atoms with Gasteiger partial charge in [-0.3, -0.25) is 14.8 Å². The predicted molar refractivity (Wildman–Crippen MR) is 76.1 cm³/mol. The lowest BCUT2D eigenvalue weighted by atomic mass is 9.99. The number of carbonyl (C=O) groups excluding carboxylic acids is 1. The Morgan fingerprint density at radius 2 is 2.45 bits per heavy atom. The second-order valence-electron chi connectivity index (χ2n) is 5.64. The van der Waals surface area contributed by atoms with Crippen molar-refractivity contribution in [2.75, 3.05) is 13.1 Å². The first-order chi connectivity index (χ1) is 9.63. The topological polar surface area (TPSA) is 87.9 Å². The average Bonchev–Trinajstić information content (AvgIpc) is 2.87. The Balaban J connectivity index is 1.93. The highest BCUT2D eigenvalue weighted by Gasteiger charge is 2.19. The van der Waals surface area contributed by atoms with Crippen molar-refractivity contribution < 1.29 is 4.79 Å². The molecule has 3 rings (SSSR count). The maximum absolute atomic E-state index is 11.4. The molecule has 20 heavy (non-hydrogen) atoms. The van der Waals surface area contributed by atoms with E-state index in [0.717, 1.165) is 36.6 Å². The van der Waals surface area contributed by atoms with E-state index in [1.54, 1.807) is 12.3 Å². The smallest absolute Gasteiger partial charge is 0.267 e. The summed E-state index contributed by atoms with van der Waals surface area (Å²) in [6.45, 7) is 5.25. The number of nitrogens with two attached hydrogens (primary N) is 1. The number of amides is 1. The molecule has 0 bridgehead atoms. The van der Waals surface area contributed by atoms with Crippen LogP contribution in [0.15, 0.2) is 12.3 Å². The molecule has 0 saturated carbocycles. The van der Waals surface area contributed by atoms with Gasteiger partial charge in [-0.05, 0) is 36.9 Å². The summed E-state index contributed by atoms with van der Waals surface area (Å²) in [5.41, 5.74) is 8.29. The number of pyridine rings is 1. The van der Waals surface area contributed by atoms with E-state index in [0.29, 0.717) is 11.2 Å². The van der Waals surface area contributed by atoms with Gasteiger partial charge in [-0.25, -0.2) is 4.98 Å². The summed E-state index contributed by atoms with van der Waals surface area (Å²) >= 11 is 0. The molecule has 106 valence electrons. The lowest BCUT2D eigenvalue weighted by Gasteiger charge is -2.30. The van der Waals surface area contributed by atoms with Crippen molar-refractivity contribution in [3.05, 3.63) is 23.5 Å². The SMILES string of the molecule is CC1CCCN(Cc2cc(C(N)=O)nc3cn[nH]c23)C1. The van der Waals surface area contributed by atoms with Crippen LogP contribution in [0.4, 0.5) is 0 Å². The summed E-state index contributed by atoms with van der Waals surface area (Å²) < 4.78 is 0. The molecule has 1 aliphatic heterocycles. The first kappa shape index (κ1) is 13.1. The van der Waals surface area contributed by atoms with Crippen LogP contribution in [-0.2, 0) is 6.54 Å². The van der Waals surface area contributed by atoms with Gasteiger partial charge >= 0.3 is 0 Å². The molecular formula is C14H19N5O. The molecule has 3 N–H and O–H groups in total. The Morgan fingerprint density at radius 1 is 1.60 bits per heavy atom. The molecule has 1 fully saturated rings. The largest absolute Gasteiger partial charge is 0.364 e. The number of hydrogen-bond donors (Lipinski definition) is 2. The molecule has 2 aromatic rings. The van der Waals surface area contributed by atoms with Crippen molar-refractivity contribution in [2.45, 2.75) is 26.3 Å². The first-order valence-electron chi connectivity index (χ1n) is 6.98. The Labute approximate surface area is 117 Å². The van der Waals surface area contributed by atoms with Crippen molar-refractivity contribution in [1.82, 2.24) is 20.1 Å². The van der Waals surface area contributed by atoms with Gasteiger partial charge in [0.1, 0.15) is 11.2 Å². The molecule has 0 aromatic carbocycles. The third-order valence-corrected chi connectivity index (χ3v) is 3.88. The van der Waals surface area contributed by atoms with Crippen LogP contribution in [0.25, 0.3) is 11.0 Å². The standard InChI is InChI=1S/C14H19N5O/c1-9-3-2-4-19(7-9)8-10-5-11(14(15)20)17-12-6-16-18-13(10)12/h5-6,9H,2-4,7-8H2,1H3,(H2,15,20)(H,16,18). The van der Waals surface area contributed by atoms with Crippen LogP contribution in [-0.4, -0.2) is 39.1 Å². The van der Waals surface area contributed by atoms with Gasteiger partial charge in [0, 0.05) is 13.1 Å². The molecule has 1 saturated heterocycles. The number of piperidine rings is 1. The number of hydrogen-bond acceptors (Lipinski definition) is 4. The molecule has 3 heterocycles. The minimum Gasteiger partial charge on any atom is -0.364 e. The molecule has 1 aliphatic rings. The third kappa shape index (κ3) is 2.51. The number of rotatable bonds is 3. The summed E-state index contributed by atoms with van der Waals surface area (Å²) in [5.74, 6) is 0.222. The van der Waals surface area contributed by atoms with Crippen LogP contribution in [0.1, 0.15) is 35.8 Å². The van der Waals surface area contributed by atoms with Gasteiger partial charge in [-0.15, -0.1) is 0 Å². The molecule has 1 amide bonds. The third-order valence-electron chi connectivity index (χ3n) is 3.88. The quantitative estimate of drug-likeness (QED) is 0.882. The van der Waals surface area contributed by atoms with Crippen molar-refractivity contribution in [2.24, 2.45) is 11.7 Å². The zero-order valence-electron chi connectivity index (χ0n) is 11.6. The van der Waals surface area contributed by atoms with Crippen LogP contribution in [0.3, 0.4) is 0 Å². The maximum Gasteiger partial charge on any atom is 0.267 e. The van der Waals surface area contributed by atoms with Crippen LogP contribution in [0, 0.1) is 5.92 Å². The summed E-state index contributed by atoms with van der Waals surface area (Å²) in [7, 11) is 0. The number of carbonyl (C=O) groups is 1. The Kier molecular flexibility index (Phi) is 3.40. The Hall–Kier alpha value is -1.95. The number of primary amides is 1. The van der Waals surface area contributed by atoms with Gasteiger partial charge in [-0.1, -0.05) is 6.92 Å². The average molecular weight is 273 g/mol. The highest BCUT2D eigenvalue weighted by atomic mass is 16.1. The van der Waals surface area contributed by atoms with Gasteiger partial charge in [-0.2, -0.15) is 5.10 Å². The van der Waals surface area contributed by atoms with Crippen molar-refractivity contribution in [3.8, 4) is 0 Å². The van der Waals surface area contributed by atoms with E-state index in [9.17, 15) is 4.79 Å². The monoisotopic (exact) mass is 273 g/mol. The predicted octanol–water partition coefficient (Wildman–Crippen LogP) is 1.29. The molecule has 1 unspecified atom stereocenters. The number of H-pyrrole nitrogens is 1. The summed E-state index contributed by atoms with van der Waals surface area (Å²) in [4.78, 5) is 18.0. The summed E-state index contributed by atoms with van der Waals surface area (Å²) in [6, 6.07) is 1.78. The number of nitrogens with zero attached hydrogens (tertiary/aromatic N) is 3. The zero-order chi connectivity index (χ0) is 14.1. The van der Waals surface area contributed by atoms with E-state index in [1.165, 1.54) is 12.8 Å². The lowest BCUT2D eigenvalue weighted by Crippen LogP contribution is -2.33. The fourth-order valence-corrected chi connectivity index (χ4v) is 2.92. The molecule has 0 radical (unpaired) electrons. The van der Waals surface area contributed by atoms with Gasteiger partial charge in [0.15, 0.2) is 0 Å². The summed E-state index contributed by atoms with van der Waals surface area (Å²) in [5, 5.41) is 6.98. The van der Waals surface area contributed by atoms with Crippen LogP contribution in [0.5, 0.6) is 0 Å². The second-order valence-corrected chi connectivity index (χ2v) is 5.64. The Bertz CT molecular complexity index is 636. The van der Waals surface area contributed by atoms with E-state index >= 15 is 0 Å². The van der Waals surface area contributed by atoms with E-state index in [-0.39, 0.29) is 0 Å². The fourth-order valence-electron chi connectivity index (χ4n) is 2.92. The first-order valence-corrected chi connectivity index (χ1v) is 6.98. The number of nitrogens with one attached hydrogen (secondary N) is 1. The van der Waals surface area contributed by atoms with Crippen molar-refractivity contribution in [1.29, 1.82) is 0 Å². The van der Waals surface area contributed by atoms with Crippen LogP contribution < -0.4 is 5.73 Å². The van der Waals surface area contributed by atoms with E-state index in [4.69, 9.17) is 5.73 Å². The normalized spacial score (nSPS) is 20.4. The molecule has 0 spiro atoms. The number of aromatic nitrogens is 3. The molecule has 1 atom stereocenters. The van der Waals surface area contributed by atoms with Gasteiger partial charge < -0.3 is 5.73 Å². The van der Waals surface area contributed by atoms with E-state index < -0.39 is 5.91 Å². The maximum atomic E-state index is 11.4. The van der Waals surface area contributed by atoms with Crippen LogP contribution in [0.2, 0.25) is 0 Å². The summed E-state index contributed by atoms with van der Waals surface area (Å²) in [6.07, 6.45) is 4.14. The number of fused-ring (bicyclic) bond motifs is 1. The lowest BCUT2D eigenvalue weighted by molar-refractivity contribution is 0.0995. The minimum atomic E-state index is -0.499. The van der Waals surface area contributed by atoms with Crippen molar-refractivity contribution >= 4 is 16.9 Å². The second kappa shape index (κ2) is 5.20. The highest BCUT2D eigenvalue weighted by molar-refractivity contribution is 5.93. The molecule has 6 heteroatoms. The zero-order valence-corrected chi connectivity index (χ0v) is 11.6. The van der Waals surface area contributed by atoms with E-state index in [2.05, 4.69) is 27.0 Å². The Morgan fingerprint density at radius 3 is 3.20 bits per heavy atom. The number of aromatic amines is 1. The molecular weight excluding hydrogens is 254 g/mol. The highest BCUT2D eigenvalue weighted by Crippen LogP contribution is 2.21. The molecule has 0 aliphatic carbocycles. The van der Waals surface area contributed by atoms with Crippen molar-refractivity contribution in [3.63, 3.8) is 0 Å². The van der Waals surface area contributed by atoms with Crippen LogP contribution >= 0.6 is 0 Å².